The fraction of sp³-hybridized carbons (Fsp3) is 0.333. The van der Waals surface area contributed by atoms with Crippen LogP contribution in [0.5, 0.6) is 0 Å². The Balaban J connectivity index is 1.42. The first-order valence-electron chi connectivity index (χ1n) is 12.2. The third kappa shape index (κ3) is 4.19. The highest BCUT2D eigenvalue weighted by atomic mass is 15.2. The lowest BCUT2D eigenvalue weighted by molar-refractivity contribution is 0.586. The lowest BCUT2D eigenvalue weighted by atomic mass is 10.1. The van der Waals surface area contributed by atoms with Crippen molar-refractivity contribution in [2.24, 2.45) is 0 Å². The Bertz CT molecular complexity index is 1330. The number of nitrogens with one attached hydrogen (secondary N) is 2. The zero-order chi connectivity index (χ0) is 22.9. The molecule has 172 valence electrons. The third-order valence-corrected chi connectivity index (χ3v) is 6.68. The minimum Gasteiger partial charge on any atom is -0.353 e. The second kappa shape index (κ2) is 8.99. The van der Waals surface area contributed by atoms with Crippen molar-refractivity contribution in [3.05, 3.63) is 66.1 Å². The van der Waals surface area contributed by atoms with Crippen molar-refractivity contribution in [3.8, 4) is 11.4 Å². The van der Waals surface area contributed by atoms with Crippen LogP contribution in [-0.4, -0.2) is 46.1 Å². The summed E-state index contributed by atoms with van der Waals surface area (Å²) in [6.45, 7) is 5.97. The molecule has 0 radical (unpaired) electrons. The van der Waals surface area contributed by atoms with Gasteiger partial charge in [-0.25, -0.2) is 15.0 Å². The monoisotopic (exact) mass is 451 g/mol. The molecule has 3 aromatic heterocycles. The first kappa shape index (κ1) is 21.0. The average Bonchev–Trinajstić information content (AvgIpc) is 3.74. The largest absolute Gasteiger partial charge is 0.353 e. The van der Waals surface area contributed by atoms with Gasteiger partial charge in [-0.15, -0.1) is 0 Å². The van der Waals surface area contributed by atoms with Crippen LogP contribution in [0, 0.1) is 0 Å². The maximum atomic E-state index is 5.14. The molecule has 0 atom stereocenters. The summed E-state index contributed by atoms with van der Waals surface area (Å²) in [5, 5.41) is 8.06. The Morgan fingerprint density at radius 3 is 2.76 bits per heavy atom. The molecule has 7 nitrogen and oxygen atoms in total. The van der Waals surface area contributed by atoms with Gasteiger partial charge in [-0.1, -0.05) is 19.1 Å². The fourth-order valence-electron chi connectivity index (χ4n) is 4.68. The molecule has 0 spiro atoms. The van der Waals surface area contributed by atoms with Crippen LogP contribution in [0.2, 0.25) is 0 Å². The zero-order valence-electron chi connectivity index (χ0n) is 19.5. The van der Waals surface area contributed by atoms with Gasteiger partial charge in [0.1, 0.15) is 11.6 Å². The summed E-state index contributed by atoms with van der Waals surface area (Å²) in [7, 11) is 0. The molecule has 6 rings (SSSR count). The van der Waals surface area contributed by atoms with Crippen LogP contribution >= 0.6 is 0 Å². The Hall–Kier alpha value is -3.58. The van der Waals surface area contributed by atoms with Gasteiger partial charge < -0.3 is 15.5 Å². The number of rotatable bonds is 6. The molecule has 4 heterocycles. The lowest BCUT2D eigenvalue weighted by Crippen LogP contribution is -2.44. The number of hydrogen-bond acceptors (Lipinski definition) is 7. The maximum absolute atomic E-state index is 5.14. The van der Waals surface area contributed by atoms with Gasteiger partial charge in [0.2, 0.25) is 0 Å². The van der Waals surface area contributed by atoms with Crippen molar-refractivity contribution in [3.63, 3.8) is 0 Å². The average molecular weight is 452 g/mol. The van der Waals surface area contributed by atoms with Crippen molar-refractivity contribution in [2.75, 3.05) is 36.4 Å². The number of nitrogens with zero attached hydrogens (tertiary/aromatic N) is 5. The second-order valence-electron chi connectivity index (χ2n) is 9.11. The van der Waals surface area contributed by atoms with Crippen molar-refractivity contribution >= 4 is 28.2 Å². The van der Waals surface area contributed by atoms with Crippen molar-refractivity contribution < 1.29 is 0 Å². The van der Waals surface area contributed by atoms with E-state index in [1.807, 2.05) is 30.7 Å². The topological polar surface area (TPSA) is 78.9 Å². The quantitative estimate of drug-likeness (QED) is 0.441. The van der Waals surface area contributed by atoms with Crippen LogP contribution in [-0.2, 0) is 6.42 Å². The highest BCUT2D eigenvalue weighted by Gasteiger charge is 2.29. The van der Waals surface area contributed by atoms with Gasteiger partial charge in [0.25, 0.3) is 0 Å². The molecule has 1 aliphatic heterocycles. The van der Waals surface area contributed by atoms with Gasteiger partial charge in [0.15, 0.2) is 5.82 Å². The SMILES string of the molecule is CCc1cccc(Nc2cc(-c3nc(N4CCNCC4)c4c(C5CC5)cncc4n3)ccn2)c1. The van der Waals surface area contributed by atoms with E-state index in [1.54, 1.807) is 0 Å². The van der Waals surface area contributed by atoms with Crippen LogP contribution < -0.4 is 15.5 Å². The van der Waals surface area contributed by atoms with Gasteiger partial charge in [0.05, 0.1) is 11.7 Å². The van der Waals surface area contributed by atoms with E-state index in [0.29, 0.717) is 11.7 Å². The van der Waals surface area contributed by atoms with E-state index in [4.69, 9.17) is 9.97 Å². The van der Waals surface area contributed by atoms with Crippen LogP contribution in [0.4, 0.5) is 17.3 Å². The summed E-state index contributed by atoms with van der Waals surface area (Å²) in [5.74, 6) is 3.11. The third-order valence-electron chi connectivity index (χ3n) is 6.68. The molecule has 0 unspecified atom stereocenters. The van der Waals surface area contributed by atoms with Gasteiger partial charge >= 0.3 is 0 Å². The summed E-state index contributed by atoms with van der Waals surface area (Å²) in [6.07, 6.45) is 9.17. The van der Waals surface area contributed by atoms with Gasteiger partial charge in [-0.3, -0.25) is 4.98 Å². The van der Waals surface area contributed by atoms with E-state index in [-0.39, 0.29) is 0 Å². The number of benzene rings is 1. The molecule has 2 aliphatic rings. The van der Waals surface area contributed by atoms with Crippen LogP contribution in [0.3, 0.4) is 0 Å². The molecule has 1 aliphatic carbocycles. The van der Waals surface area contributed by atoms with Crippen molar-refractivity contribution in [1.82, 2.24) is 25.3 Å². The van der Waals surface area contributed by atoms with Crippen molar-refractivity contribution in [2.45, 2.75) is 32.1 Å². The summed E-state index contributed by atoms with van der Waals surface area (Å²) >= 11 is 0. The molecule has 0 bridgehead atoms. The van der Waals surface area contributed by atoms with E-state index < -0.39 is 0 Å². The molecule has 1 saturated carbocycles. The number of pyridine rings is 2. The minimum absolute atomic E-state index is 0.586. The summed E-state index contributed by atoms with van der Waals surface area (Å²) < 4.78 is 0. The molecular weight excluding hydrogens is 422 g/mol. The van der Waals surface area contributed by atoms with E-state index in [1.165, 1.54) is 29.4 Å². The molecule has 2 fully saturated rings. The minimum atomic E-state index is 0.586. The Kier molecular flexibility index (Phi) is 5.55. The molecule has 1 aromatic carbocycles. The fourth-order valence-corrected chi connectivity index (χ4v) is 4.68. The Labute approximate surface area is 199 Å². The highest BCUT2D eigenvalue weighted by molar-refractivity contribution is 5.94. The normalized spacial score (nSPS) is 16.1. The predicted molar refractivity (Wildman–Crippen MR) is 137 cm³/mol. The molecule has 7 heteroatoms. The lowest BCUT2D eigenvalue weighted by Gasteiger charge is -2.30. The smallest absolute Gasteiger partial charge is 0.162 e. The number of fused-ring (bicyclic) bond motifs is 1. The standard InChI is InChI=1S/C27H29N7/c1-2-18-4-3-5-21(14-18)31-24-15-20(8-9-30-24)26-32-23-17-29-16-22(19-6-7-19)25(23)27(33-26)34-12-10-28-11-13-34/h3-5,8-9,14-17,19,28H,2,6-7,10-13H2,1H3,(H,30,31). The number of anilines is 3. The maximum Gasteiger partial charge on any atom is 0.162 e. The molecule has 0 amide bonds. The Morgan fingerprint density at radius 1 is 1.06 bits per heavy atom. The first-order chi connectivity index (χ1) is 16.8. The summed E-state index contributed by atoms with van der Waals surface area (Å²) in [4.78, 5) is 21.6. The van der Waals surface area contributed by atoms with Gasteiger partial charge in [0, 0.05) is 55.2 Å². The number of piperazine rings is 1. The second-order valence-corrected chi connectivity index (χ2v) is 9.11. The molecule has 2 N–H and O–H groups in total. The van der Waals surface area contributed by atoms with Crippen LogP contribution in [0.15, 0.2) is 55.0 Å². The highest BCUT2D eigenvalue weighted by Crippen LogP contribution is 2.44. The van der Waals surface area contributed by atoms with E-state index in [9.17, 15) is 0 Å². The summed E-state index contributed by atoms with van der Waals surface area (Å²) in [6, 6.07) is 12.4. The van der Waals surface area contributed by atoms with Crippen LogP contribution in [0.1, 0.15) is 36.8 Å². The molecular formula is C27H29N7. The Morgan fingerprint density at radius 2 is 1.94 bits per heavy atom. The van der Waals surface area contributed by atoms with Gasteiger partial charge in [-0.05, 0) is 60.6 Å². The van der Waals surface area contributed by atoms with E-state index in [2.05, 4.69) is 56.7 Å². The predicted octanol–water partition coefficient (Wildman–Crippen LogP) is 4.68. The number of hydrogen-bond donors (Lipinski definition) is 2. The number of aromatic nitrogens is 4. The van der Waals surface area contributed by atoms with Gasteiger partial charge in [-0.2, -0.15) is 0 Å². The molecule has 4 aromatic rings. The van der Waals surface area contributed by atoms with Crippen molar-refractivity contribution in [1.29, 1.82) is 0 Å². The number of aryl methyl sites for hydroxylation is 1. The zero-order valence-corrected chi connectivity index (χ0v) is 19.5. The summed E-state index contributed by atoms with van der Waals surface area (Å²) in [5.41, 5.74) is 5.48. The van der Waals surface area contributed by atoms with E-state index in [0.717, 1.165) is 61.0 Å². The molecule has 34 heavy (non-hydrogen) atoms. The van der Waals surface area contributed by atoms with Crippen LogP contribution in [0.25, 0.3) is 22.3 Å². The molecule has 1 saturated heterocycles. The van der Waals surface area contributed by atoms with E-state index >= 15 is 0 Å². The first-order valence-corrected chi connectivity index (χ1v) is 12.2.